The molecule has 2 N–H and O–H groups in total. The van der Waals surface area contributed by atoms with Crippen LogP contribution >= 0.6 is 11.6 Å². The van der Waals surface area contributed by atoms with Crippen LogP contribution in [0.5, 0.6) is 11.5 Å². The molecule has 1 aromatic heterocycles. The minimum absolute atomic E-state index is 0.128. The number of nitrogen functional groups attached to an aromatic ring is 1. The lowest BCUT2D eigenvalue weighted by Gasteiger charge is -2.07. The summed E-state index contributed by atoms with van der Waals surface area (Å²) in [5, 5.41) is 4.32. The molecule has 8 nitrogen and oxygen atoms in total. The van der Waals surface area contributed by atoms with Crippen LogP contribution in [0.15, 0.2) is 40.9 Å². The first-order valence-corrected chi connectivity index (χ1v) is 8.16. The molecule has 0 aliphatic rings. The Morgan fingerprint density at radius 3 is 2.70 bits per heavy atom. The third-order valence-electron chi connectivity index (χ3n) is 3.68. The van der Waals surface area contributed by atoms with Crippen LogP contribution < -0.4 is 15.2 Å². The molecule has 0 spiro atoms. The molecule has 0 aliphatic heterocycles. The summed E-state index contributed by atoms with van der Waals surface area (Å²) in [5.41, 5.74) is 6.81. The highest BCUT2D eigenvalue weighted by atomic mass is 35.5. The fourth-order valence-electron chi connectivity index (χ4n) is 2.33. The van der Waals surface area contributed by atoms with E-state index in [1.54, 1.807) is 31.4 Å². The van der Waals surface area contributed by atoms with E-state index in [1.165, 1.54) is 19.2 Å². The zero-order valence-corrected chi connectivity index (χ0v) is 15.3. The van der Waals surface area contributed by atoms with Gasteiger partial charge in [0, 0.05) is 16.8 Å². The molecular weight excluding hydrogens is 374 g/mol. The molecule has 0 radical (unpaired) electrons. The molecule has 3 aromatic rings. The third kappa shape index (κ3) is 4.12. The van der Waals surface area contributed by atoms with Gasteiger partial charge in [0.15, 0.2) is 6.61 Å². The molecule has 0 saturated carbocycles. The molecule has 0 bridgehead atoms. The lowest BCUT2D eigenvalue weighted by atomic mass is 10.2. The molecule has 2 aromatic carbocycles. The maximum absolute atomic E-state index is 12.1. The Morgan fingerprint density at radius 1 is 1.19 bits per heavy atom. The van der Waals surface area contributed by atoms with E-state index < -0.39 is 5.97 Å². The summed E-state index contributed by atoms with van der Waals surface area (Å²) in [7, 11) is 3.08. The number of esters is 1. The predicted octanol–water partition coefficient (Wildman–Crippen LogP) is 3.35. The molecule has 0 saturated heterocycles. The molecule has 0 unspecified atom stereocenters. The third-order valence-corrected chi connectivity index (χ3v) is 3.91. The summed E-state index contributed by atoms with van der Waals surface area (Å²) in [6.45, 7) is -0.202. The van der Waals surface area contributed by atoms with Crippen molar-refractivity contribution < 1.29 is 23.5 Å². The van der Waals surface area contributed by atoms with E-state index >= 15 is 0 Å². The highest BCUT2D eigenvalue weighted by molar-refractivity contribution is 6.31. The molecule has 140 valence electrons. The van der Waals surface area contributed by atoms with E-state index in [0.717, 1.165) is 0 Å². The van der Waals surface area contributed by atoms with Crippen molar-refractivity contribution in [3.8, 4) is 22.9 Å². The number of halogens is 1. The van der Waals surface area contributed by atoms with Crippen LogP contribution in [-0.2, 0) is 11.3 Å². The number of carbonyl (C=O) groups is 1. The van der Waals surface area contributed by atoms with Gasteiger partial charge in [0.05, 0.1) is 25.3 Å². The smallest absolute Gasteiger partial charge is 0.340 e. The number of rotatable bonds is 6. The first kappa shape index (κ1) is 18.5. The van der Waals surface area contributed by atoms with Crippen LogP contribution in [-0.4, -0.2) is 30.3 Å². The van der Waals surface area contributed by atoms with Crippen molar-refractivity contribution in [3.05, 3.63) is 52.9 Å². The van der Waals surface area contributed by atoms with Gasteiger partial charge in [0.25, 0.3) is 5.89 Å². The van der Waals surface area contributed by atoms with E-state index in [1.807, 2.05) is 0 Å². The van der Waals surface area contributed by atoms with Gasteiger partial charge < -0.3 is 24.5 Å². The zero-order valence-electron chi connectivity index (χ0n) is 14.6. The second-order valence-electron chi connectivity index (χ2n) is 5.39. The number of aromatic nitrogens is 2. The van der Waals surface area contributed by atoms with Gasteiger partial charge in [0.1, 0.15) is 11.5 Å². The molecular formula is C18H16ClN3O5. The van der Waals surface area contributed by atoms with E-state index in [-0.39, 0.29) is 23.7 Å². The van der Waals surface area contributed by atoms with E-state index in [0.29, 0.717) is 27.9 Å². The fourth-order valence-corrected chi connectivity index (χ4v) is 2.51. The standard InChI is InChI=1S/C18H16ClN3O5/c1-24-11-4-6-13(15(8-11)25-2)17-21-16(27-22-17)9-26-18(23)12-5-3-10(19)7-14(12)20/h3-8H,9,20H2,1-2H3. The Bertz CT molecular complexity index is 973. The number of nitrogens with zero attached hydrogens (tertiary/aromatic N) is 2. The Kier molecular flexibility index (Phi) is 5.46. The predicted molar refractivity (Wildman–Crippen MR) is 97.8 cm³/mol. The quantitative estimate of drug-likeness (QED) is 0.504. The first-order chi connectivity index (χ1) is 13.0. The summed E-state index contributed by atoms with van der Waals surface area (Å²) in [5.74, 6) is 0.961. The van der Waals surface area contributed by atoms with Crippen molar-refractivity contribution in [2.75, 3.05) is 20.0 Å². The number of methoxy groups -OCH3 is 2. The summed E-state index contributed by atoms with van der Waals surface area (Å²) in [6.07, 6.45) is 0. The van der Waals surface area contributed by atoms with Crippen LogP contribution in [0.25, 0.3) is 11.4 Å². The summed E-state index contributed by atoms with van der Waals surface area (Å²) >= 11 is 5.82. The van der Waals surface area contributed by atoms with Crippen LogP contribution in [0.1, 0.15) is 16.2 Å². The number of anilines is 1. The van der Waals surface area contributed by atoms with E-state index in [9.17, 15) is 4.79 Å². The second-order valence-corrected chi connectivity index (χ2v) is 5.82. The fraction of sp³-hybridized carbons (Fsp3) is 0.167. The van der Waals surface area contributed by atoms with Gasteiger partial charge in [-0.3, -0.25) is 0 Å². The van der Waals surface area contributed by atoms with Gasteiger partial charge >= 0.3 is 5.97 Å². The Morgan fingerprint density at radius 2 is 2.00 bits per heavy atom. The highest BCUT2D eigenvalue weighted by Crippen LogP contribution is 2.31. The summed E-state index contributed by atoms with van der Waals surface area (Å²) in [4.78, 5) is 16.3. The Hall–Kier alpha value is -3.26. The molecule has 3 rings (SSSR count). The summed E-state index contributed by atoms with van der Waals surface area (Å²) < 4.78 is 20.8. The largest absolute Gasteiger partial charge is 0.497 e. The van der Waals surface area contributed by atoms with Crippen molar-refractivity contribution in [3.63, 3.8) is 0 Å². The number of hydrogen-bond acceptors (Lipinski definition) is 8. The SMILES string of the molecule is COc1ccc(-c2noc(COC(=O)c3ccc(Cl)cc3N)n2)c(OC)c1. The van der Waals surface area contributed by atoms with Crippen molar-refractivity contribution in [1.29, 1.82) is 0 Å². The second kappa shape index (κ2) is 7.96. The summed E-state index contributed by atoms with van der Waals surface area (Å²) in [6, 6.07) is 9.70. The molecule has 0 aliphatic carbocycles. The van der Waals surface area contributed by atoms with Crippen LogP contribution in [0.2, 0.25) is 5.02 Å². The molecule has 0 fully saturated rings. The van der Waals surface area contributed by atoms with E-state index in [4.69, 9.17) is 36.1 Å². The zero-order chi connectivity index (χ0) is 19.4. The van der Waals surface area contributed by atoms with Crippen molar-refractivity contribution >= 4 is 23.3 Å². The number of hydrogen-bond donors (Lipinski definition) is 1. The Labute approximate surface area is 159 Å². The molecule has 9 heteroatoms. The number of benzene rings is 2. The van der Waals surface area contributed by atoms with Crippen LogP contribution in [0, 0.1) is 0 Å². The molecule has 0 amide bonds. The molecule has 0 atom stereocenters. The normalized spacial score (nSPS) is 10.5. The molecule has 27 heavy (non-hydrogen) atoms. The van der Waals surface area contributed by atoms with Crippen LogP contribution in [0.3, 0.4) is 0 Å². The van der Waals surface area contributed by atoms with Gasteiger partial charge in [-0.25, -0.2) is 4.79 Å². The van der Waals surface area contributed by atoms with Gasteiger partial charge in [-0.1, -0.05) is 16.8 Å². The maximum Gasteiger partial charge on any atom is 0.340 e. The van der Waals surface area contributed by atoms with Crippen molar-refractivity contribution in [2.24, 2.45) is 0 Å². The van der Waals surface area contributed by atoms with Crippen molar-refractivity contribution in [2.45, 2.75) is 6.61 Å². The van der Waals surface area contributed by atoms with E-state index in [2.05, 4.69) is 10.1 Å². The first-order valence-electron chi connectivity index (χ1n) is 7.79. The van der Waals surface area contributed by atoms with Crippen molar-refractivity contribution in [1.82, 2.24) is 10.1 Å². The number of nitrogens with two attached hydrogens (primary N) is 1. The number of ether oxygens (including phenoxy) is 3. The van der Waals surface area contributed by atoms with Gasteiger partial charge in [-0.05, 0) is 30.3 Å². The monoisotopic (exact) mass is 389 g/mol. The lowest BCUT2D eigenvalue weighted by molar-refractivity contribution is 0.0431. The average molecular weight is 390 g/mol. The Balaban J connectivity index is 1.72. The van der Waals surface area contributed by atoms with Gasteiger partial charge in [-0.15, -0.1) is 0 Å². The lowest BCUT2D eigenvalue weighted by Crippen LogP contribution is -2.08. The highest BCUT2D eigenvalue weighted by Gasteiger charge is 2.17. The van der Waals surface area contributed by atoms with Gasteiger partial charge in [-0.2, -0.15) is 4.98 Å². The minimum Gasteiger partial charge on any atom is -0.497 e. The molecule has 1 heterocycles. The minimum atomic E-state index is -0.619. The van der Waals surface area contributed by atoms with Crippen LogP contribution in [0.4, 0.5) is 5.69 Å². The average Bonchev–Trinajstić information content (AvgIpc) is 3.14. The van der Waals surface area contributed by atoms with Gasteiger partial charge in [0.2, 0.25) is 5.82 Å². The maximum atomic E-state index is 12.1. The number of carbonyl (C=O) groups excluding carboxylic acids is 1. The topological polar surface area (TPSA) is 110 Å².